The van der Waals surface area contributed by atoms with Crippen molar-refractivity contribution in [2.45, 2.75) is 42.5 Å². The molecule has 204 valence electrons. The van der Waals surface area contributed by atoms with Gasteiger partial charge < -0.3 is 30.4 Å². The molecule has 0 aromatic heterocycles. The molecule has 0 bridgehead atoms. The summed E-state index contributed by atoms with van der Waals surface area (Å²) >= 11 is 6.14. The van der Waals surface area contributed by atoms with Crippen molar-refractivity contribution in [2.24, 2.45) is 0 Å². The average molecular weight is 548 g/mol. The number of anilines is 1. The van der Waals surface area contributed by atoms with Crippen molar-refractivity contribution in [3.05, 3.63) is 70.3 Å². The van der Waals surface area contributed by atoms with Crippen molar-refractivity contribution in [3.63, 3.8) is 0 Å². The Hall–Kier alpha value is -2.56. The smallest absolute Gasteiger partial charge is 0.246 e. The molecule has 0 unspecified atom stereocenters. The van der Waals surface area contributed by atoms with E-state index in [1.165, 1.54) is 22.6 Å². The van der Waals surface area contributed by atoms with Crippen LogP contribution in [-0.4, -0.2) is 88.1 Å². The zero-order chi connectivity index (χ0) is 27.1. The summed E-state index contributed by atoms with van der Waals surface area (Å²) in [6, 6.07) is 8.90. The molecule has 1 spiro atoms. The Kier molecular flexibility index (Phi) is 7.50. The van der Waals surface area contributed by atoms with Crippen molar-refractivity contribution in [1.82, 2.24) is 9.80 Å². The minimum absolute atomic E-state index is 0.000656. The molecular formula is C28H32ClF2N3O4. The Bertz CT molecular complexity index is 1220. The van der Waals surface area contributed by atoms with Crippen LogP contribution in [0.5, 0.6) is 0 Å². The molecule has 2 aromatic rings. The molecule has 2 aromatic carbocycles. The highest BCUT2D eigenvalue weighted by Gasteiger charge is 2.48. The minimum Gasteiger partial charge on any atom is -0.389 e. The maximum Gasteiger partial charge on any atom is 0.246 e. The van der Waals surface area contributed by atoms with E-state index in [-0.39, 0.29) is 37.0 Å². The lowest BCUT2D eigenvalue weighted by Gasteiger charge is -2.46. The fourth-order valence-corrected chi connectivity index (χ4v) is 6.14. The van der Waals surface area contributed by atoms with Crippen molar-refractivity contribution in [1.29, 1.82) is 0 Å². The van der Waals surface area contributed by atoms with Gasteiger partial charge in [0.2, 0.25) is 5.91 Å². The number of rotatable bonds is 5. The first kappa shape index (κ1) is 27.0. The van der Waals surface area contributed by atoms with Gasteiger partial charge in [-0.1, -0.05) is 17.7 Å². The second-order valence-corrected chi connectivity index (χ2v) is 11.2. The van der Waals surface area contributed by atoms with Crippen LogP contribution in [0.2, 0.25) is 5.02 Å². The van der Waals surface area contributed by atoms with Gasteiger partial charge >= 0.3 is 0 Å². The molecule has 2 fully saturated rings. The summed E-state index contributed by atoms with van der Waals surface area (Å²) in [6.07, 6.45) is 1.73. The van der Waals surface area contributed by atoms with Crippen LogP contribution in [0.25, 0.3) is 6.08 Å². The van der Waals surface area contributed by atoms with Crippen LogP contribution in [0.15, 0.2) is 42.5 Å². The maximum atomic E-state index is 13.4. The topological polar surface area (TPSA) is 96.3 Å². The molecular weight excluding hydrogens is 516 g/mol. The number of β-amino-alcohol motifs (C(OH)–C–C–N with tert-alkyl or cyclic N) is 2. The molecule has 3 aliphatic heterocycles. The molecule has 0 radical (unpaired) electrons. The minimum atomic E-state index is -1.75. The summed E-state index contributed by atoms with van der Waals surface area (Å²) in [7, 11) is 0. The largest absolute Gasteiger partial charge is 0.389 e. The first-order valence-electron chi connectivity index (χ1n) is 12.9. The predicted molar refractivity (Wildman–Crippen MR) is 141 cm³/mol. The number of hydrogen-bond donors (Lipinski definition) is 4. The number of halogens is 3. The third kappa shape index (κ3) is 5.31. The second kappa shape index (κ2) is 10.5. The number of aliphatic hydroxyl groups is 3. The van der Waals surface area contributed by atoms with Gasteiger partial charge in [0, 0.05) is 54.4 Å². The number of nitrogens with one attached hydrogen (secondary N) is 1. The van der Waals surface area contributed by atoms with Gasteiger partial charge in [0.1, 0.15) is 23.3 Å². The highest BCUT2D eigenvalue weighted by molar-refractivity contribution is 6.30. The van der Waals surface area contributed by atoms with Gasteiger partial charge in [-0.25, -0.2) is 8.78 Å². The molecule has 1 amide bonds. The molecule has 3 heterocycles. The monoisotopic (exact) mass is 547 g/mol. The molecule has 38 heavy (non-hydrogen) atoms. The van der Waals surface area contributed by atoms with Crippen LogP contribution in [0.4, 0.5) is 14.5 Å². The zero-order valence-electron chi connectivity index (χ0n) is 20.9. The van der Waals surface area contributed by atoms with E-state index in [1.807, 2.05) is 12.1 Å². The molecule has 0 saturated carbocycles. The van der Waals surface area contributed by atoms with E-state index >= 15 is 0 Å². The number of nitrogens with zero attached hydrogens (tertiary/aromatic N) is 2. The maximum absolute atomic E-state index is 13.4. The first-order valence-corrected chi connectivity index (χ1v) is 13.2. The second-order valence-electron chi connectivity index (χ2n) is 10.7. The Morgan fingerprint density at radius 1 is 1.13 bits per heavy atom. The molecule has 10 heteroatoms. The van der Waals surface area contributed by atoms with E-state index in [0.29, 0.717) is 5.02 Å². The number of piperidine rings is 2. The quantitative estimate of drug-likeness (QED) is 0.430. The SMILES string of the molecule is O=C(C=Cc1cc(F)cc(F)c1)N1CC[C@@](O)([C@@H](O)CN2CCC3(CC2)CNc2cc(Cl)ccc23)[C@@H](O)C1. The van der Waals surface area contributed by atoms with Crippen molar-refractivity contribution in [2.75, 3.05) is 44.6 Å². The summed E-state index contributed by atoms with van der Waals surface area (Å²) in [6.45, 7) is 2.49. The van der Waals surface area contributed by atoms with Crippen molar-refractivity contribution < 1.29 is 28.9 Å². The number of hydrogen-bond acceptors (Lipinski definition) is 6. The third-order valence-electron chi connectivity index (χ3n) is 8.36. The van der Waals surface area contributed by atoms with Crippen molar-refractivity contribution >= 4 is 29.3 Å². The van der Waals surface area contributed by atoms with Crippen LogP contribution in [0, 0.1) is 11.6 Å². The van der Waals surface area contributed by atoms with Crippen molar-refractivity contribution in [3.8, 4) is 0 Å². The number of benzene rings is 2. The van der Waals surface area contributed by atoms with Crippen LogP contribution in [0.1, 0.15) is 30.4 Å². The Balaban J connectivity index is 1.15. The number of carbonyl (C=O) groups excluding carboxylic acids is 1. The highest BCUT2D eigenvalue weighted by atomic mass is 35.5. The van der Waals surface area contributed by atoms with Crippen LogP contribution in [0.3, 0.4) is 0 Å². The standard InChI is InChI=1S/C28H32ClF2N3O4/c29-19-2-3-22-23(13-19)32-17-27(22)5-8-33(9-6-27)15-24(35)28(38)7-10-34(16-25(28)36)26(37)4-1-18-11-20(30)14-21(31)12-18/h1-4,11-14,24-25,32,35-36,38H,5-10,15-17H2/t24-,25-,28+/m0/s1. The fraction of sp³-hybridized carbons (Fsp3) is 0.464. The molecule has 3 aliphatic rings. The summed E-state index contributed by atoms with van der Waals surface area (Å²) < 4.78 is 26.7. The lowest BCUT2D eigenvalue weighted by Crippen LogP contribution is -2.64. The van der Waals surface area contributed by atoms with Crippen LogP contribution >= 0.6 is 11.6 Å². The van der Waals surface area contributed by atoms with Gasteiger partial charge in [0.05, 0.1) is 6.10 Å². The molecule has 7 nitrogen and oxygen atoms in total. The Labute approximate surface area is 225 Å². The van der Waals surface area contributed by atoms with Crippen LogP contribution in [-0.2, 0) is 10.2 Å². The molecule has 3 atom stereocenters. The number of amides is 1. The number of carbonyl (C=O) groups is 1. The lowest BCUT2D eigenvalue weighted by molar-refractivity contribution is -0.183. The Morgan fingerprint density at radius 3 is 2.53 bits per heavy atom. The van der Waals surface area contributed by atoms with E-state index in [2.05, 4.69) is 16.3 Å². The summed E-state index contributed by atoms with van der Waals surface area (Å²) in [5, 5.41) is 37.0. The van der Waals surface area contributed by atoms with E-state index in [0.717, 1.165) is 56.4 Å². The van der Waals surface area contributed by atoms with Gasteiger partial charge in [-0.3, -0.25) is 4.79 Å². The number of aliphatic hydroxyl groups excluding tert-OH is 2. The number of fused-ring (bicyclic) bond motifs is 2. The summed E-state index contributed by atoms with van der Waals surface area (Å²) in [5.41, 5.74) is 0.810. The van der Waals surface area contributed by atoms with Gasteiger partial charge in [-0.2, -0.15) is 0 Å². The van der Waals surface area contributed by atoms with E-state index in [9.17, 15) is 28.9 Å². The Morgan fingerprint density at radius 2 is 1.84 bits per heavy atom. The van der Waals surface area contributed by atoms with Gasteiger partial charge in [-0.15, -0.1) is 0 Å². The van der Waals surface area contributed by atoms with Crippen LogP contribution < -0.4 is 5.32 Å². The third-order valence-corrected chi connectivity index (χ3v) is 8.59. The molecule has 4 N–H and O–H groups in total. The summed E-state index contributed by atoms with van der Waals surface area (Å²) in [4.78, 5) is 16.0. The van der Waals surface area contributed by atoms with Gasteiger partial charge in [0.15, 0.2) is 0 Å². The predicted octanol–water partition coefficient (Wildman–Crippen LogP) is 2.78. The number of likely N-dealkylation sites (tertiary alicyclic amines) is 2. The van der Waals surface area contributed by atoms with E-state index < -0.39 is 35.4 Å². The molecule has 0 aliphatic carbocycles. The molecule has 5 rings (SSSR count). The average Bonchev–Trinajstić information content (AvgIpc) is 3.22. The van der Waals surface area contributed by atoms with Gasteiger partial charge in [0.25, 0.3) is 0 Å². The molecule has 2 saturated heterocycles. The zero-order valence-corrected chi connectivity index (χ0v) is 21.7. The summed E-state index contributed by atoms with van der Waals surface area (Å²) in [5.74, 6) is -1.95. The normalized spacial score (nSPS) is 25.9. The highest BCUT2D eigenvalue weighted by Crippen LogP contribution is 2.45. The van der Waals surface area contributed by atoms with Gasteiger partial charge in [-0.05, 0) is 73.8 Å². The van der Waals surface area contributed by atoms with E-state index in [1.54, 1.807) is 0 Å². The fourth-order valence-electron chi connectivity index (χ4n) is 5.97. The first-order chi connectivity index (χ1) is 18.1. The van der Waals surface area contributed by atoms with E-state index in [4.69, 9.17) is 11.6 Å². The lowest BCUT2D eigenvalue weighted by atomic mass is 9.74.